The van der Waals surface area contributed by atoms with Crippen molar-refractivity contribution in [2.24, 2.45) is 11.8 Å². The standard InChI is InChI=1S/C21H18ClF3N4O/c22-15-5-6-18-26-27-19(29(18)11-15)20(30)28-9-13-7-12(8-14(13)10-28)16-3-1-2-4-17(16)21(23,24)25/h1-6,11-14H,7-10H2/t12-,13-,14+. The fourth-order valence-corrected chi connectivity index (χ4v) is 5.14. The van der Waals surface area contributed by atoms with Gasteiger partial charge in [0, 0.05) is 19.3 Å². The number of rotatable bonds is 2. The van der Waals surface area contributed by atoms with Crippen molar-refractivity contribution in [3.8, 4) is 0 Å². The zero-order chi connectivity index (χ0) is 21.0. The molecular weight excluding hydrogens is 417 g/mol. The fourth-order valence-electron chi connectivity index (χ4n) is 4.98. The molecule has 3 atom stereocenters. The van der Waals surface area contributed by atoms with E-state index in [0.717, 1.165) is 6.07 Å². The predicted molar refractivity (Wildman–Crippen MR) is 104 cm³/mol. The number of pyridine rings is 1. The number of likely N-dealkylation sites (tertiary alicyclic amines) is 1. The highest BCUT2D eigenvalue weighted by atomic mass is 35.5. The van der Waals surface area contributed by atoms with E-state index < -0.39 is 11.7 Å². The summed E-state index contributed by atoms with van der Waals surface area (Å²) in [5.74, 6) is 0.201. The molecular formula is C21H18ClF3N4O. The Morgan fingerprint density at radius 3 is 2.43 bits per heavy atom. The van der Waals surface area contributed by atoms with Crippen molar-refractivity contribution in [3.63, 3.8) is 0 Å². The summed E-state index contributed by atoms with van der Waals surface area (Å²) in [6, 6.07) is 9.20. The number of fused-ring (bicyclic) bond motifs is 2. The first kappa shape index (κ1) is 19.4. The summed E-state index contributed by atoms with van der Waals surface area (Å²) in [5.41, 5.74) is 0.357. The highest BCUT2D eigenvalue weighted by Gasteiger charge is 2.45. The number of carbonyl (C=O) groups excluding carboxylic acids is 1. The molecule has 3 heterocycles. The van der Waals surface area contributed by atoms with Crippen molar-refractivity contribution in [2.45, 2.75) is 24.9 Å². The summed E-state index contributed by atoms with van der Waals surface area (Å²) in [6.45, 7) is 1.04. The average Bonchev–Trinajstić information content (AvgIpc) is 3.39. The average molecular weight is 435 g/mol. The fraction of sp³-hybridized carbons (Fsp3) is 0.381. The van der Waals surface area contributed by atoms with Crippen LogP contribution < -0.4 is 0 Å². The van der Waals surface area contributed by atoms with Crippen LogP contribution in [-0.4, -0.2) is 38.5 Å². The molecule has 9 heteroatoms. The van der Waals surface area contributed by atoms with Crippen LogP contribution in [0.4, 0.5) is 13.2 Å². The number of carbonyl (C=O) groups is 1. The van der Waals surface area contributed by atoms with Gasteiger partial charge in [0.2, 0.25) is 5.82 Å². The minimum absolute atomic E-state index is 0.136. The van der Waals surface area contributed by atoms with E-state index in [4.69, 9.17) is 11.6 Å². The van der Waals surface area contributed by atoms with Gasteiger partial charge in [0.1, 0.15) is 0 Å². The molecule has 0 spiro atoms. The highest BCUT2D eigenvalue weighted by Crippen LogP contribution is 2.49. The molecule has 2 fully saturated rings. The molecule has 0 unspecified atom stereocenters. The summed E-state index contributed by atoms with van der Waals surface area (Å²) >= 11 is 6.03. The van der Waals surface area contributed by atoms with Crippen LogP contribution in [0, 0.1) is 11.8 Å². The highest BCUT2D eigenvalue weighted by molar-refractivity contribution is 6.30. The van der Waals surface area contributed by atoms with E-state index >= 15 is 0 Å². The summed E-state index contributed by atoms with van der Waals surface area (Å²) in [4.78, 5) is 14.7. The minimum Gasteiger partial charge on any atom is -0.335 e. The number of nitrogens with zero attached hydrogens (tertiary/aromatic N) is 4. The molecule has 2 aromatic heterocycles. The van der Waals surface area contributed by atoms with Crippen molar-refractivity contribution in [2.75, 3.05) is 13.1 Å². The van der Waals surface area contributed by atoms with Crippen LogP contribution in [0.3, 0.4) is 0 Å². The van der Waals surface area contributed by atoms with Crippen molar-refractivity contribution in [1.82, 2.24) is 19.5 Å². The van der Waals surface area contributed by atoms with Gasteiger partial charge in [0.25, 0.3) is 5.91 Å². The van der Waals surface area contributed by atoms with E-state index in [-0.39, 0.29) is 29.5 Å². The first-order valence-electron chi connectivity index (χ1n) is 9.77. The monoisotopic (exact) mass is 434 g/mol. The Labute approximate surface area is 175 Å². The molecule has 3 aromatic rings. The maximum absolute atomic E-state index is 13.4. The molecule has 1 saturated carbocycles. The topological polar surface area (TPSA) is 50.5 Å². The van der Waals surface area contributed by atoms with E-state index in [2.05, 4.69) is 10.2 Å². The maximum atomic E-state index is 13.4. The zero-order valence-corrected chi connectivity index (χ0v) is 16.6. The number of amides is 1. The molecule has 1 amide bonds. The normalized spacial score (nSPS) is 23.9. The molecule has 1 aliphatic heterocycles. The molecule has 0 bridgehead atoms. The Morgan fingerprint density at radius 2 is 1.73 bits per heavy atom. The van der Waals surface area contributed by atoms with Gasteiger partial charge in [-0.3, -0.25) is 9.20 Å². The van der Waals surface area contributed by atoms with Gasteiger partial charge >= 0.3 is 6.18 Å². The van der Waals surface area contributed by atoms with Gasteiger partial charge in [-0.25, -0.2) is 0 Å². The maximum Gasteiger partial charge on any atom is 0.416 e. The van der Waals surface area contributed by atoms with Crippen LogP contribution in [-0.2, 0) is 6.18 Å². The van der Waals surface area contributed by atoms with E-state index in [1.54, 1.807) is 39.8 Å². The second kappa shape index (κ2) is 6.97. The minimum atomic E-state index is -4.35. The van der Waals surface area contributed by atoms with Crippen LogP contribution in [0.15, 0.2) is 42.6 Å². The van der Waals surface area contributed by atoms with Crippen LogP contribution in [0.5, 0.6) is 0 Å². The quantitative estimate of drug-likeness (QED) is 0.589. The number of aromatic nitrogens is 3. The largest absolute Gasteiger partial charge is 0.416 e. The lowest BCUT2D eigenvalue weighted by molar-refractivity contribution is -0.138. The number of hydrogen-bond acceptors (Lipinski definition) is 3. The molecule has 0 radical (unpaired) electrons. The van der Waals surface area contributed by atoms with Crippen LogP contribution in [0.1, 0.15) is 40.5 Å². The Kier molecular flexibility index (Phi) is 4.50. The molecule has 2 aliphatic rings. The van der Waals surface area contributed by atoms with Gasteiger partial charge in [0.15, 0.2) is 5.65 Å². The Hall–Kier alpha value is -2.61. The smallest absolute Gasteiger partial charge is 0.335 e. The molecule has 156 valence electrons. The molecule has 5 nitrogen and oxygen atoms in total. The van der Waals surface area contributed by atoms with Crippen molar-refractivity contribution in [3.05, 3.63) is 64.6 Å². The Balaban J connectivity index is 1.33. The van der Waals surface area contributed by atoms with Gasteiger partial charge in [-0.15, -0.1) is 10.2 Å². The SMILES string of the molecule is O=C(c1nnc2ccc(Cl)cn12)N1C[C@H]2C[C@@H](c3ccccc3C(F)(F)F)C[C@H]2C1. The van der Waals surface area contributed by atoms with Crippen LogP contribution >= 0.6 is 11.6 Å². The molecule has 5 rings (SSSR count). The lowest BCUT2D eigenvalue weighted by Crippen LogP contribution is -2.31. The number of benzene rings is 1. The number of alkyl halides is 3. The van der Waals surface area contributed by atoms with E-state index in [1.165, 1.54) is 6.07 Å². The van der Waals surface area contributed by atoms with Gasteiger partial charge in [-0.05, 0) is 54.4 Å². The zero-order valence-electron chi connectivity index (χ0n) is 15.8. The third-order valence-corrected chi connectivity index (χ3v) is 6.53. The summed E-state index contributed by atoms with van der Waals surface area (Å²) in [7, 11) is 0. The predicted octanol–water partition coefficient (Wildman–Crippen LogP) is 4.67. The van der Waals surface area contributed by atoms with E-state index in [0.29, 0.717) is 42.2 Å². The molecule has 1 saturated heterocycles. The first-order valence-corrected chi connectivity index (χ1v) is 10.1. The van der Waals surface area contributed by atoms with Gasteiger partial charge in [-0.2, -0.15) is 13.2 Å². The second-order valence-corrected chi connectivity index (χ2v) is 8.52. The van der Waals surface area contributed by atoms with Gasteiger partial charge in [-0.1, -0.05) is 29.8 Å². The van der Waals surface area contributed by atoms with Crippen molar-refractivity contribution < 1.29 is 18.0 Å². The number of hydrogen-bond donors (Lipinski definition) is 0. The number of halogens is 4. The van der Waals surface area contributed by atoms with Crippen LogP contribution in [0.25, 0.3) is 5.65 Å². The van der Waals surface area contributed by atoms with Gasteiger partial charge in [0.05, 0.1) is 10.6 Å². The Bertz CT molecular complexity index is 1110. The second-order valence-electron chi connectivity index (χ2n) is 8.08. The molecule has 0 N–H and O–H groups in total. The Morgan fingerprint density at radius 1 is 1.03 bits per heavy atom. The summed E-state index contributed by atoms with van der Waals surface area (Å²) < 4.78 is 41.8. The van der Waals surface area contributed by atoms with Crippen molar-refractivity contribution >= 4 is 23.2 Å². The van der Waals surface area contributed by atoms with Gasteiger partial charge < -0.3 is 4.90 Å². The van der Waals surface area contributed by atoms with Crippen molar-refractivity contribution in [1.29, 1.82) is 0 Å². The summed E-state index contributed by atoms with van der Waals surface area (Å²) in [6.07, 6.45) is -1.46. The third-order valence-electron chi connectivity index (χ3n) is 6.30. The van der Waals surface area contributed by atoms with E-state index in [9.17, 15) is 18.0 Å². The third kappa shape index (κ3) is 3.23. The lowest BCUT2D eigenvalue weighted by Gasteiger charge is -2.21. The molecule has 1 aromatic carbocycles. The molecule has 1 aliphatic carbocycles. The summed E-state index contributed by atoms with van der Waals surface area (Å²) in [5, 5.41) is 8.50. The molecule has 30 heavy (non-hydrogen) atoms. The van der Waals surface area contributed by atoms with Crippen LogP contribution in [0.2, 0.25) is 5.02 Å². The first-order chi connectivity index (χ1) is 14.3. The lowest BCUT2D eigenvalue weighted by atomic mass is 9.91. The van der Waals surface area contributed by atoms with E-state index in [1.807, 2.05) is 0 Å².